The number of piperidine rings is 1. The Morgan fingerprint density at radius 2 is 1.61 bits per heavy atom. The van der Waals surface area contributed by atoms with E-state index in [9.17, 15) is 4.79 Å². The van der Waals surface area contributed by atoms with Crippen LogP contribution in [-0.2, 0) is 14.9 Å². The molecule has 0 unspecified atom stereocenters. The van der Waals surface area contributed by atoms with Crippen LogP contribution in [0.25, 0.3) is 0 Å². The van der Waals surface area contributed by atoms with Gasteiger partial charge in [0.15, 0.2) is 0 Å². The van der Waals surface area contributed by atoms with Crippen molar-refractivity contribution < 1.29 is 14.3 Å². The molecule has 3 heterocycles. The highest BCUT2D eigenvalue weighted by atomic mass is 16.5. The quantitative estimate of drug-likeness (QED) is 0.720. The van der Waals surface area contributed by atoms with Crippen LogP contribution in [0, 0.1) is 0 Å². The number of piperazine rings is 1. The molecule has 1 aromatic rings. The number of rotatable bonds is 5. The number of likely N-dealkylation sites (N-methyl/N-ethyl adjacent to an activating group) is 1. The highest BCUT2D eigenvalue weighted by Crippen LogP contribution is 2.38. The van der Waals surface area contributed by atoms with E-state index in [0.717, 1.165) is 76.3 Å². The summed E-state index contributed by atoms with van der Waals surface area (Å²) in [6.07, 6.45) is 3.94. The molecule has 3 aliphatic rings. The summed E-state index contributed by atoms with van der Waals surface area (Å²) in [5.41, 5.74) is 0.650. The largest absolute Gasteiger partial charge is 0.490 e. The van der Waals surface area contributed by atoms with E-state index in [0.29, 0.717) is 19.3 Å². The summed E-state index contributed by atoms with van der Waals surface area (Å²) in [5.74, 6) is 1.19. The van der Waals surface area contributed by atoms with Gasteiger partial charge in [0, 0.05) is 58.5 Å². The molecule has 0 bridgehead atoms. The monoisotopic (exact) mass is 429 g/mol. The maximum absolute atomic E-state index is 13.7. The zero-order valence-corrected chi connectivity index (χ0v) is 19.5. The topological polar surface area (TPSA) is 45.2 Å². The maximum Gasteiger partial charge on any atom is 0.233 e. The second-order valence-corrected chi connectivity index (χ2v) is 9.76. The Labute approximate surface area is 187 Å². The molecule has 0 spiro atoms. The zero-order valence-electron chi connectivity index (χ0n) is 19.5. The van der Waals surface area contributed by atoms with Gasteiger partial charge in [-0.3, -0.25) is 4.79 Å². The third-order valence-electron chi connectivity index (χ3n) is 7.46. The number of hydrogen-bond donors (Lipinski definition) is 0. The van der Waals surface area contributed by atoms with Crippen LogP contribution in [0.1, 0.15) is 45.1 Å². The number of ether oxygens (including phenoxy) is 2. The standard InChI is InChI=1S/C25H39N3O3/c1-20(2)27-12-8-23(9-13-27)31-22-6-4-21(5-7-22)25(10-18-30-19-11-25)24(29)28-16-14-26(3)15-17-28/h4-7,20,23H,8-19H2,1-3H3. The Balaban J connectivity index is 1.44. The van der Waals surface area contributed by atoms with Crippen LogP contribution in [0.2, 0.25) is 0 Å². The molecular weight excluding hydrogens is 390 g/mol. The summed E-state index contributed by atoms with van der Waals surface area (Å²) in [6.45, 7) is 11.5. The second-order valence-electron chi connectivity index (χ2n) is 9.76. The van der Waals surface area contributed by atoms with Gasteiger partial charge in [0.2, 0.25) is 5.91 Å². The predicted molar refractivity (Wildman–Crippen MR) is 123 cm³/mol. The number of hydrogen-bond acceptors (Lipinski definition) is 5. The normalized spacial score (nSPS) is 23.8. The molecule has 1 aromatic carbocycles. The summed E-state index contributed by atoms with van der Waals surface area (Å²) >= 11 is 0. The lowest BCUT2D eigenvalue weighted by atomic mass is 9.73. The number of likely N-dealkylation sites (tertiary alicyclic amines) is 1. The van der Waals surface area contributed by atoms with Crippen LogP contribution in [0.3, 0.4) is 0 Å². The Kier molecular flexibility index (Phi) is 7.19. The third-order valence-corrected chi connectivity index (χ3v) is 7.46. The van der Waals surface area contributed by atoms with Crippen molar-refractivity contribution in [3.05, 3.63) is 29.8 Å². The van der Waals surface area contributed by atoms with Gasteiger partial charge in [0.25, 0.3) is 0 Å². The first kappa shape index (κ1) is 22.6. The van der Waals surface area contributed by atoms with E-state index in [2.05, 4.69) is 59.9 Å². The lowest BCUT2D eigenvalue weighted by Crippen LogP contribution is -2.55. The van der Waals surface area contributed by atoms with E-state index in [4.69, 9.17) is 9.47 Å². The van der Waals surface area contributed by atoms with E-state index in [1.807, 2.05) is 0 Å². The minimum absolute atomic E-state index is 0.277. The van der Waals surface area contributed by atoms with Gasteiger partial charge < -0.3 is 24.2 Å². The summed E-state index contributed by atoms with van der Waals surface area (Å²) in [7, 11) is 2.12. The second kappa shape index (κ2) is 9.88. The van der Waals surface area contributed by atoms with E-state index < -0.39 is 5.41 Å². The van der Waals surface area contributed by atoms with E-state index >= 15 is 0 Å². The van der Waals surface area contributed by atoms with Crippen LogP contribution >= 0.6 is 0 Å². The number of benzene rings is 1. The number of nitrogens with zero attached hydrogens (tertiary/aromatic N) is 3. The van der Waals surface area contributed by atoms with Crippen LogP contribution in [0.5, 0.6) is 5.75 Å². The molecule has 1 amide bonds. The molecular formula is C25H39N3O3. The molecule has 3 fully saturated rings. The Morgan fingerprint density at radius 3 is 2.19 bits per heavy atom. The Morgan fingerprint density at radius 1 is 1.00 bits per heavy atom. The summed E-state index contributed by atoms with van der Waals surface area (Å²) < 4.78 is 11.9. The van der Waals surface area contributed by atoms with E-state index in [1.165, 1.54) is 0 Å². The summed E-state index contributed by atoms with van der Waals surface area (Å²) in [5, 5.41) is 0. The first-order valence-electron chi connectivity index (χ1n) is 12.0. The first-order valence-corrected chi connectivity index (χ1v) is 12.0. The minimum Gasteiger partial charge on any atom is -0.490 e. The molecule has 0 radical (unpaired) electrons. The van der Waals surface area contributed by atoms with Crippen LogP contribution in [0.4, 0.5) is 0 Å². The lowest BCUT2D eigenvalue weighted by molar-refractivity contribution is -0.143. The fourth-order valence-corrected chi connectivity index (χ4v) is 5.21. The van der Waals surface area contributed by atoms with E-state index in [1.54, 1.807) is 0 Å². The van der Waals surface area contributed by atoms with Gasteiger partial charge in [-0.05, 0) is 64.3 Å². The SMILES string of the molecule is CC(C)N1CCC(Oc2ccc(C3(C(=O)N4CCN(C)CC4)CCOCC3)cc2)CC1. The van der Waals surface area contributed by atoms with Crippen molar-refractivity contribution in [2.45, 2.75) is 57.1 Å². The number of amides is 1. The van der Waals surface area contributed by atoms with Crippen molar-refractivity contribution in [2.75, 3.05) is 59.5 Å². The average Bonchev–Trinajstić information content (AvgIpc) is 2.80. The third kappa shape index (κ3) is 5.07. The van der Waals surface area contributed by atoms with Gasteiger partial charge in [-0.25, -0.2) is 0 Å². The van der Waals surface area contributed by atoms with E-state index in [-0.39, 0.29) is 12.0 Å². The molecule has 3 aliphatic heterocycles. The van der Waals surface area contributed by atoms with Gasteiger partial charge in [-0.1, -0.05) is 12.1 Å². The highest BCUT2D eigenvalue weighted by molar-refractivity contribution is 5.88. The van der Waals surface area contributed by atoms with Crippen molar-refractivity contribution in [1.29, 1.82) is 0 Å². The van der Waals surface area contributed by atoms with Crippen molar-refractivity contribution >= 4 is 5.91 Å². The molecule has 0 N–H and O–H groups in total. The summed E-state index contributed by atoms with van der Waals surface area (Å²) in [6, 6.07) is 8.99. The molecule has 0 aromatic heterocycles. The summed E-state index contributed by atoms with van der Waals surface area (Å²) in [4.78, 5) is 20.6. The molecule has 0 aliphatic carbocycles. The molecule has 31 heavy (non-hydrogen) atoms. The molecule has 6 nitrogen and oxygen atoms in total. The van der Waals surface area contributed by atoms with Gasteiger partial charge >= 0.3 is 0 Å². The average molecular weight is 430 g/mol. The van der Waals surface area contributed by atoms with Gasteiger partial charge in [0.05, 0.1) is 5.41 Å². The zero-order chi connectivity index (χ0) is 21.8. The van der Waals surface area contributed by atoms with Gasteiger partial charge in [-0.15, -0.1) is 0 Å². The molecule has 0 saturated carbocycles. The molecule has 3 saturated heterocycles. The van der Waals surface area contributed by atoms with Crippen molar-refractivity contribution in [3.8, 4) is 5.75 Å². The van der Waals surface area contributed by atoms with Crippen molar-refractivity contribution in [1.82, 2.24) is 14.7 Å². The number of carbonyl (C=O) groups excluding carboxylic acids is 1. The molecule has 4 rings (SSSR count). The Bertz CT molecular complexity index is 714. The molecule has 172 valence electrons. The highest BCUT2D eigenvalue weighted by Gasteiger charge is 2.44. The fraction of sp³-hybridized carbons (Fsp3) is 0.720. The Hall–Kier alpha value is -1.63. The fourth-order valence-electron chi connectivity index (χ4n) is 5.21. The number of carbonyl (C=O) groups is 1. The van der Waals surface area contributed by atoms with Crippen molar-refractivity contribution in [3.63, 3.8) is 0 Å². The molecule has 0 atom stereocenters. The maximum atomic E-state index is 13.7. The lowest BCUT2D eigenvalue weighted by Gasteiger charge is -2.42. The molecule has 6 heteroatoms. The van der Waals surface area contributed by atoms with Crippen molar-refractivity contribution in [2.24, 2.45) is 0 Å². The minimum atomic E-state index is -0.463. The predicted octanol–water partition coefficient (Wildman–Crippen LogP) is 2.76. The smallest absolute Gasteiger partial charge is 0.233 e. The van der Waals surface area contributed by atoms with Crippen LogP contribution in [-0.4, -0.2) is 92.3 Å². The van der Waals surface area contributed by atoms with Crippen LogP contribution < -0.4 is 4.74 Å². The van der Waals surface area contributed by atoms with Crippen LogP contribution in [0.15, 0.2) is 24.3 Å². The first-order chi connectivity index (χ1) is 15.0. The van der Waals surface area contributed by atoms with Gasteiger partial charge in [-0.2, -0.15) is 0 Å². The van der Waals surface area contributed by atoms with Gasteiger partial charge in [0.1, 0.15) is 11.9 Å².